The van der Waals surface area contributed by atoms with Crippen molar-refractivity contribution in [3.05, 3.63) is 35.5 Å². The van der Waals surface area contributed by atoms with Crippen LogP contribution >= 0.6 is 0 Å². The number of carbonyl (C=O) groups excluding carboxylic acids is 1. The van der Waals surface area contributed by atoms with Crippen molar-refractivity contribution in [3.8, 4) is 0 Å². The highest BCUT2D eigenvalue weighted by molar-refractivity contribution is 5.90. The van der Waals surface area contributed by atoms with Crippen LogP contribution in [0.1, 0.15) is 36.9 Å². The normalized spacial score (nSPS) is 19.7. The van der Waals surface area contributed by atoms with E-state index in [1.807, 2.05) is 16.7 Å². The minimum atomic E-state index is 0.501. The molecule has 0 fully saturated rings. The van der Waals surface area contributed by atoms with Gasteiger partial charge in [0, 0.05) is 11.1 Å². The van der Waals surface area contributed by atoms with Gasteiger partial charge in [-0.25, -0.2) is 0 Å². The van der Waals surface area contributed by atoms with Gasteiger partial charge in [0.05, 0.1) is 5.52 Å². The molecular formula is C14H15NO. The van der Waals surface area contributed by atoms with Crippen molar-refractivity contribution in [1.29, 1.82) is 0 Å². The number of aromatic nitrogens is 1. The van der Waals surface area contributed by atoms with Crippen LogP contribution in [0.25, 0.3) is 10.9 Å². The lowest BCUT2D eigenvalue weighted by Gasteiger charge is -2.20. The van der Waals surface area contributed by atoms with Gasteiger partial charge in [0.1, 0.15) is 0 Å². The van der Waals surface area contributed by atoms with Crippen LogP contribution in [0.15, 0.2) is 24.3 Å². The summed E-state index contributed by atoms with van der Waals surface area (Å²) in [5.41, 5.74) is 3.69. The van der Waals surface area contributed by atoms with Gasteiger partial charge in [0.2, 0.25) is 6.41 Å². The summed E-state index contributed by atoms with van der Waals surface area (Å²) in [5, 5.41) is 1.26. The van der Waals surface area contributed by atoms with Crippen LogP contribution < -0.4 is 0 Å². The predicted molar refractivity (Wildman–Crippen MR) is 65.4 cm³/mol. The first-order chi connectivity index (χ1) is 7.83. The van der Waals surface area contributed by atoms with Gasteiger partial charge in [-0.1, -0.05) is 25.1 Å². The maximum atomic E-state index is 11.3. The Labute approximate surface area is 94.9 Å². The molecular weight excluding hydrogens is 198 g/mol. The number of para-hydroxylation sites is 1. The van der Waals surface area contributed by atoms with Gasteiger partial charge in [-0.15, -0.1) is 0 Å². The monoisotopic (exact) mass is 213 g/mol. The third kappa shape index (κ3) is 1.16. The zero-order chi connectivity index (χ0) is 11.1. The van der Waals surface area contributed by atoms with Gasteiger partial charge >= 0.3 is 0 Å². The van der Waals surface area contributed by atoms with Crippen molar-refractivity contribution in [2.75, 3.05) is 0 Å². The molecule has 1 aliphatic carbocycles. The summed E-state index contributed by atoms with van der Waals surface area (Å²) in [6.07, 6.45) is 4.50. The van der Waals surface area contributed by atoms with Crippen LogP contribution in [0, 0.1) is 0 Å². The fourth-order valence-corrected chi connectivity index (χ4v) is 2.98. The quantitative estimate of drug-likeness (QED) is 0.667. The third-order valence-electron chi connectivity index (χ3n) is 3.69. The predicted octanol–water partition coefficient (Wildman–Crippen LogP) is 3.12. The maximum absolute atomic E-state index is 11.3. The highest BCUT2D eigenvalue weighted by Gasteiger charge is 2.24. The van der Waals surface area contributed by atoms with Gasteiger partial charge in [-0.2, -0.15) is 0 Å². The van der Waals surface area contributed by atoms with E-state index >= 15 is 0 Å². The van der Waals surface area contributed by atoms with E-state index in [1.165, 1.54) is 29.5 Å². The Hall–Kier alpha value is -1.57. The summed E-state index contributed by atoms with van der Waals surface area (Å²) in [6, 6.07) is 8.22. The number of fused-ring (bicyclic) bond motifs is 3. The highest BCUT2D eigenvalue weighted by atomic mass is 16.1. The topological polar surface area (TPSA) is 22.0 Å². The maximum Gasteiger partial charge on any atom is 0.218 e. The standard InChI is InChI=1S/C14H15NO/c1-10-5-4-7-12-11-6-2-3-8-13(11)15(9-16)14(10)12/h2-3,6,8-10H,4-5,7H2,1H3. The smallest absolute Gasteiger partial charge is 0.218 e. The summed E-state index contributed by atoms with van der Waals surface area (Å²) in [6.45, 7) is 2.22. The van der Waals surface area contributed by atoms with E-state index in [4.69, 9.17) is 0 Å². The molecule has 0 saturated heterocycles. The van der Waals surface area contributed by atoms with Crippen LogP contribution in [-0.4, -0.2) is 11.0 Å². The molecule has 2 nitrogen and oxygen atoms in total. The second-order valence-corrected chi connectivity index (χ2v) is 4.65. The first-order valence-corrected chi connectivity index (χ1v) is 5.90. The highest BCUT2D eigenvalue weighted by Crippen LogP contribution is 2.37. The molecule has 82 valence electrons. The molecule has 16 heavy (non-hydrogen) atoms. The van der Waals surface area contributed by atoms with E-state index in [9.17, 15) is 4.79 Å². The van der Waals surface area contributed by atoms with Gasteiger partial charge in [-0.3, -0.25) is 9.36 Å². The Kier molecular flexibility index (Phi) is 2.10. The Balaban J connectivity index is 2.43. The molecule has 0 radical (unpaired) electrons. The Morgan fingerprint density at radius 2 is 2.19 bits per heavy atom. The van der Waals surface area contributed by atoms with Crippen molar-refractivity contribution in [2.24, 2.45) is 0 Å². The molecule has 1 heterocycles. The van der Waals surface area contributed by atoms with Crippen LogP contribution in [0.4, 0.5) is 0 Å². The fraction of sp³-hybridized carbons (Fsp3) is 0.357. The number of aryl methyl sites for hydroxylation is 1. The van der Waals surface area contributed by atoms with Gasteiger partial charge in [0.15, 0.2) is 0 Å². The Morgan fingerprint density at radius 1 is 1.38 bits per heavy atom. The minimum absolute atomic E-state index is 0.501. The second-order valence-electron chi connectivity index (χ2n) is 4.65. The van der Waals surface area contributed by atoms with E-state index in [0.717, 1.165) is 18.3 Å². The van der Waals surface area contributed by atoms with E-state index in [-0.39, 0.29) is 0 Å². The second kappa shape index (κ2) is 3.48. The molecule has 0 saturated carbocycles. The molecule has 2 aromatic rings. The molecule has 0 aliphatic heterocycles. The van der Waals surface area contributed by atoms with Crippen LogP contribution in [0.2, 0.25) is 0 Å². The van der Waals surface area contributed by atoms with Crippen LogP contribution in [-0.2, 0) is 11.2 Å². The van der Waals surface area contributed by atoms with Crippen LogP contribution in [0.3, 0.4) is 0 Å². The molecule has 0 bridgehead atoms. The lowest BCUT2D eigenvalue weighted by atomic mass is 9.88. The van der Waals surface area contributed by atoms with Crippen molar-refractivity contribution in [1.82, 2.24) is 4.57 Å². The third-order valence-corrected chi connectivity index (χ3v) is 3.69. The van der Waals surface area contributed by atoms with E-state index in [1.54, 1.807) is 0 Å². The average Bonchev–Trinajstić information content (AvgIpc) is 2.65. The molecule has 1 unspecified atom stereocenters. The van der Waals surface area contributed by atoms with Gasteiger partial charge in [0.25, 0.3) is 0 Å². The summed E-state index contributed by atoms with van der Waals surface area (Å²) in [5.74, 6) is 0.501. The van der Waals surface area contributed by atoms with E-state index < -0.39 is 0 Å². The number of hydrogen-bond donors (Lipinski definition) is 0. The molecule has 1 aromatic heterocycles. The molecule has 0 spiro atoms. The average molecular weight is 213 g/mol. The molecule has 1 aliphatic rings. The van der Waals surface area contributed by atoms with Crippen molar-refractivity contribution in [2.45, 2.75) is 32.1 Å². The molecule has 0 amide bonds. The Bertz CT molecular complexity index is 553. The zero-order valence-corrected chi connectivity index (χ0v) is 9.44. The first-order valence-electron chi connectivity index (χ1n) is 5.90. The summed E-state index contributed by atoms with van der Waals surface area (Å²) in [4.78, 5) is 11.3. The molecule has 3 rings (SSSR count). The summed E-state index contributed by atoms with van der Waals surface area (Å²) in [7, 11) is 0. The largest absolute Gasteiger partial charge is 0.286 e. The SMILES string of the molecule is CC1CCCc2c1n(C=O)c1ccccc21. The van der Waals surface area contributed by atoms with Crippen molar-refractivity contribution in [3.63, 3.8) is 0 Å². The first kappa shape index (κ1) is 9.64. The number of rotatable bonds is 1. The lowest BCUT2D eigenvalue weighted by molar-refractivity contribution is 0.533. The molecule has 0 N–H and O–H groups in total. The fourth-order valence-electron chi connectivity index (χ4n) is 2.98. The number of hydrogen-bond acceptors (Lipinski definition) is 1. The van der Waals surface area contributed by atoms with Gasteiger partial charge in [-0.05, 0) is 36.8 Å². The van der Waals surface area contributed by atoms with Crippen molar-refractivity contribution < 1.29 is 4.79 Å². The number of nitrogens with zero attached hydrogens (tertiary/aromatic N) is 1. The lowest BCUT2D eigenvalue weighted by Crippen LogP contribution is -2.11. The molecule has 1 atom stereocenters. The van der Waals surface area contributed by atoms with E-state index in [2.05, 4.69) is 19.1 Å². The molecule has 1 aromatic carbocycles. The summed E-state index contributed by atoms with van der Waals surface area (Å²) >= 11 is 0. The van der Waals surface area contributed by atoms with Gasteiger partial charge < -0.3 is 0 Å². The minimum Gasteiger partial charge on any atom is -0.286 e. The van der Waals surface area contributed by atoms with E-state index in [0.29, 0.717) is 5.92 Å². The number of carbonyl (C=O) groups is 1. The zero-order valence-electron chi connectivity index (χ0n) is 9.44. The summed E-state index contributed by atoms with van der Waals surface area (Å²) < 4.78 is 1.84. The van der Waals surface area contributed by atoms with Crippen LogP contribution in [0.5, 0.6) is 0 Å². The molecule has 2 heteroatoms. The number of benzene rings is 1. The Morgan fingerprint density at radius 3 is 3.00 bits per heavy atom. The van der Waals surface area contributed by atoms with Crippen molar-refractivity contribution >= 4 is 17.3 Å².